The van der Waals surface area contributed by atoms with Crippen LogP contribution in [0.2, 0.25) is 0 Å². The monoisotopic (exact) mass is 386 g/mol. The van der Waals surface area contributed by atoms with Crippen LogP contribution in [-0.4, -0.2) is 34.0 Å². The second-order valence-corrected chi connectivity index (χ2v) is 7.48. The highest BCUT2D eigenvalue weighted by Crippen LogP contribution is 2.35. The van der Waals surface area contributed by atoms with Gasteiger partial charge >= 0.3 is 0 Å². The van der Waals surface area contributed by atoms with Crippen molar-refractivity contribution in [1.29, 1.82) is 0 Å². The van der Waals surface area contributed by atoms with Gasteiger partial charge in [-0.05, 0) is 25.0 Å². The summed E-state index contributed by atoms with van der Waals surface area (Å²) in [4.78, 5) is 22.1. The molecule has 29 heavy (non-hydrogen) atoms. The average molecular weight is 386 g/mol. The molecule has 0 radical (unpaired) electrons. The lowest BCUT2D eigenvalue weighted by Crippen LogP contribution is -2.43. The zero-order valence-electron chi connectivity index (χ0n) is 17.2. The minimum atomic E-state index is -0.0349. The molecule has 2 heterocycles. The summed E-state index contributed by atoms with van der Waals surface area (Å²) in [5.74, 6) is 2.10. The van der Waals surface area contributed by atoms with E-state index in [1.165, 1.54) is 0 Å². The molecule has 0 atom stereocenters. The summed E-state index contributed by atoms with van der Waals surface area (Å²) < 4.78 is 2.05. The fourth-order valence-corrected chi connectivity index (χ4v) is 3.81. The Bertz CT molecular complexity index is 1070. The second kappa shape index (κ2) is 7.59. The minimum absolute atomic E-state index is 0.0349. The van der Waals surface area contributed by atoms with Gasteiger partial charge in [0.1, 0.15) is 11.6 Å². The maximum atomic E-state index is 13.5. The number of aryl methyl sites for hydroxylation is 1. The summed E-state index contributed by atoms with van der Waals surface area (Å²) in [6.45, 7) is 9.48. The first-order valence-corrected chi connectivity index (χ1v) is 9.97. The highest BCUT2D eigenvalue weighted by Gasteiger charge is 2.36. The van der Waals surface area contributed by atoms with E-state index in [9.17, 15) is 4.79 Å². The summed E-state index contributed by atoms with van der Waals surface area (Å²) in [5.41, 5.74) is 3.91. The largest absolute Gasteiger partial charge is 0.314 e. The molecule has 5 heteroatoms. The molecule has 148 valence electrons. The molecule has 1 amide bonds. The van der Waals surface area contributed by atoms with Crippen LogP contribution in [0, 0.1) is 6.92 Å². The smallest absolute Gasteiger partial charge is 0.279 e. The van der Waals surface area contributed by atoms with Crippen molar-refractivity contribution in [2.24, 2.45) is 0 Å². The lowest BCUT2D eigenvalue weighted by Gasteiger charge is -2.35. The molecule has 1 aliphatic rings. The number of benzene rings is 2. The number of hydrogen-bond acceptors (Lipinski definition) is 3. The molecule has 0 bridgehead atoms. The standard InChI is InChI=1S/C24H26N4O/c1-5-14-27-18(3)26(4)23-21(24(27)29)28(16-19-11-7-6-8-12-19)22(25-23)20-13-9-10-17(2)15-20/h6-13,15H,3,5,14,16H2,1-2,4H3. The van der Waals surface area contributed by atoms with Gasteiger partial charge < -0.3 is 9.47 Å². The van der Waals surface area contributed by atoms with Crippen molar-refractivity contribution >= 4 is 11.7 Å². The number of carbonyl (C=O) groups is 1. The third kappa shape index (κ3) is 3.33. The maximum Gasteiger partial charge on any atom is 0.279 e. The Labute approximate surface area is 171 Å². The number of amides is 1. The van der Waals surface area contributed by atoms with Gasteiger partial charge in [0.2, 0.25) is 0 Å². The maximum absolute atomic E-state index is 13.5. The van der Waals surface area contributed by atoms with Crippen LogP contribution in [0.5, 0.6) is 0 Å². The quantitative estimate of drug-likeness (QED) is 0.639. The zero-order chi connectivity index (χ0) is 20.5. The van der Waals surface area contributed by atoms with E-state index in [4.69, 9.17) is 4.98 Å². The molecule has 0 aliphatic carbocycles. The minimum Gasteiger partial charge on any atom is -0.314 e. The van der Waals surface area contributed by atoms with E-state index in [2.05, 4.69) is 44.7 Å². The van der Waals surface area contributed by atoms with Crippen LogP contribution in [0.1, 0.15) is 35.0 Å². The van der Waals surface area contributed by atoms with Crippen LogP contribution in [-0.2, 0) is 6.54 Å². The molecule has 0 saturated heterocycles. The second-order valence-electron chi connectivity index (χ2n) is 7.48. The molecular formula is C24H26N4O. The molecule has 2 aromatic carbocycles. The summed E-state index contributed by atoms with van der Waals surface area (Å²) >= 11 is 0. The van der Waals surface area contributed by atoms with E-state index in [1.807, 2.05) is 46.8 Å². The number of nitrogens with zero attached hydrogens (tertiary/aromatic N) is 4. The summed E-state index contributed by atoms with van der Waals surface area (Å²) in [5, 5.41) is 0. The van der Waals surface area contributed by atoms with E-state index < -0.39 is 0 Å². The molecule has 5 nitrogen and oxygen atoms in total. The van der Waals surface area contributed by atoms with Gasteiger partial charge in [-0.1, -0.05) is 67.6 Å². The third-order valence-electron chi connectivity index (χ3n) is 5.32. The van der Waals surface area contributed by atoms with Gasteiger partial charge in [0, 0.05) is 25.7 Å². The molecule has 1 aromatic heterocycles. The van der Waals surface area contributed by atoms with Crippen LogP contribution >= 0.6 is 0 Å². The normalized spacial score (nSPS) is 13.8. The van der Waals surface area contributed by atoms with Gasteiger partial charge in [0.05, 0.1) is 0 Å². The Kier molecular flexibility index (Phi) is 4.97. The molecule has 0 fully saturated rings. The number of anilines is 1. The number of hydrogen-bond donors (Lipinski definition) is 0. The summed E-state index contributed by atoms with van der Waals surface area (Å²) in [6, 6.07) is 18.4. The Morgan fingerprint density at radius 1 is 1.07 bits per heavy atom. The van der Waals surface area contributed by atoms with Crippen molar-refractivity contribution in [2.75, 3.05) is 18.5 Å². The van der Waals surface area contributed by atoms with Crippen LogP contribution in [0.25, 0.3) is 11.4 Å². The fourth-order valence-electron chi connectivity index (χ4n) is 3.81. The highest BCUT2D eigenvalue weighted by atomic mass is 16.2. The Balaban J connectivity index is 1.92. The molecule has 3 aromatic rings. The van der Waals surface area contributed by atoms with Crippen molar-refractivity contribution in [1.82, 2.24) is 14.5 Å². The first kappa shape index (κ1) is 19.0. The molecule has 1 aliphatic heterocycles. The van der Waals surface area contributed by atoms with Crippen LogP contribution in [0.15, 0.2) is 67.0 Å². The average Bonchev–Trinajstić information content (AvgIpc) is 3.10. The predicted molar refractivity (Wildman–Crippen MR) is 117 cm³/mol. The van der Waals surface area contributed by atoms with Crippen molar-refractivity contribution in [3.8, 4) is 11.4 Å². The van der Waals surface area contributed by atoms with Crippen LogP contribution in [0.3, 0.4) is 0 Å². The molecular weight excluding hydrogens is 360 g/mol. The van der Waals surface area contributed by atoms with Crippen LogP contribution in [0.4, 0.5) is 5.82 Å². The first-order valence-electron chi connectivity index (χ1n) is 9.97. The molecule has 0 saturated carbocycles. The van der Waals surface area contributed by atoms with Gasteiger partial charge in [0.25, 0.3) is 5.91 Å². The Morgan fingerprint density at radius 3 is 2.52 bits per heavy atom. The number of aromatic nitrogens is 2. The third-order valence-corrected chi connectivity index (χ3v) is 5.32. The fraction of sp³-hybridized carbons (Fsp3) is 0.250. The van der Waals surface area contributed by atoms with Crippen molar-refractivity contribution in [3.63, 3.8) is 0 Å². The van der Waals surface area contributed by atoms with E-state index in [0.717, 1.165) is 28.9 Å². The van der Waals surface area contributed by atoms with E-state index in [-0.39, 0.29) is 5.91 Å². The van der Waals surface area contributed by atoms with Gasteiger partial charge in [-0.25, -0.2) is 4.98 Å². The van der Waals surface area contributed by atoms with Gasteiger partial charge in [0.15, 0.2) is 11.5 Å². The van der Waals surface area contributed by atoms with Gasteiger partial charge in [-0.2, -0.15) is 0 Å². The van der Waals surface area contributed by atoms with Gasteiger partial charge in [-0.3, -0.25) is 9.69 Å². The van der Waals surface area contributed by atoms with Gasteiger partial charge in [-0.15, -0.1) is 0 Å². The molecule has 0 N–H and O–H groups in total. The van der Waals surface area contributed by atoms with Crippen molar-refractivity contribution in [3.05, 3.63) is 83.8 Å². The topological polar surface area (TPSA) is 41.4 Å². The summed E-state index contributed by atoms with van der Waals surface area (Å²) in [7, 11) is 1.93. The molecule has 4 rings (SSSR count). The molecule has 0 unspecified atom stereocenters. The van der Waals surface area contributed by atoms with E-state index in [1.54, 1.807) is 4.90 Å². The van der Waals surface area contributed by atoms with E-state index in [0.29, 0.717) is 30.4 Å². The Morgan fingerprint density at radius 2 is 1.83 bits per heavy atom. The Hall–Kier alpha value is -3.34. The number of imidazole rings is 1. The lowest BCUT2D eigenvalue weighted by atomic mass is 10.1. The van der Waals surface area contributed by atoms with Crippen molar-refractivity contribution < 1.29 is 4.79 Å². The predicted octanol–water partition coefficient (Wildman–Crippen LogP) is 4.68. The number of rotatable bonds is 5. The zero-order valence-corrected chi connectivity index (χ0v) is 17.2. The van der Waals surface area contributed by atoms with Crippen molar-refractivity contribution in [2.45, 2.75) is 26.8 Å². The lowest BCUT2D eigenvalue weighted by molar-refractivity contribution is 0.0784. The SMILES string of the molecule is C=C1N(CCC)C(=O)c2c(nc(-c3cccc(C)c3)n2Cc2ccccc2)N1C. The van der Waals surface area contributed by atoms with Crippen LogP contribution < -0.4 is 4.90 Å². The van der Waals surface area contributed by atoms with E-state index >= 15 is 0 Å². The number of carbonyl (C=O) groups excluding carboxylic acids is 1. The summed E-state index contributed by atoms with van der Waals surface area (Å²) in [6.07, 6.45) is 0.867. The highest BCUT2D eigenvalue weighted by molar-refractivity contribution is 6.02. The first-order chi connectivity index (χ1) is 14.0. The molecule has 0 spiro atoms. The number of fused-ring (bicyclic) bond motifs is 1.